The van der Waals surface area contributed by atoms with Gasteiger partial charge < -0.3 is 10.3 Å². The van der Waals surface area contributed by atoms with Gasteiger partial charge in [-0.3, -0.25) is 0 Å². The maximum atomic E-state index is 5.36. The predicted octanol–water partition coefficient (Wildman–Crippen LogP) is 1.30. The highest BCUT2D eigenvalue weighted by molar-refractivity contribution is 7.08. The molecule has 2 heterocycles. The maximum absolute atomic E-state index is 5.36. The quantitative estimate of drug-likeness (QED) is 0.801. The van der Waals surface area contributed by atoms with Gasteiger partial charge in [-0.05, 0) is 11.4 Å². The minimum atomic E-state index is 0.533. The summed E-state index contributed by atoms with van der Waals surface area (Å²) in [5.74, 6) is 1.24. The number of hydrogen-bond acceptors (Lipinski definition) is 5. The van der Waals surface area contributed by atoms with Crippen LogP contribution in [-0.2, 0) is 6.42 Å². The molecule has 2 aromatic heterocycles. The van der Waals surface area contributed by atoms with E-state index in [1.807, 2.05) is 16.8 Å². The molecule has 2 aromatic rings. The fourth-order valence-corrected chi connectivity index (χ4v) is 1.62. The Bertz CT molecular complexity index is 368. The average molecular weight is 195 g/mol. The molecule has 0 fully saturated rings. The summed E-state index contributed by atoms with van der Waals surface area (Å²) in [4.78, 5) is 4.19. The van der Waals surface area contributed by atoms with Gasteiger partial charge in [-0.15, -0.1) is 0 Å². The van der Waals surface area contributed by atoms with Gasteiger partial charge in [-0.2, -0.15) is 16.3 Å². The van der Waals surface area contributed by atoms with Crippen molar-refractivity contribution in [1.82, 2.24) is 10.1 Å². The molecule has 0 saturated carbocycles. The van der Waals surface area contributed by atoms with E-state index < -0.39 is 0 Å². The Morgan fingerprint density at radius 3 is 3.15 bits per heavy atom. The fraction of sp³-hybridized carbons (Fsp3) is 0.250. The van der Waals surface area contributed by atoms with Crippen LogP contribution >= 0.6 is 11.3 Å². The van der Waals surface area contributed by atoms with Crippen molar-refractivity contribution in [2.24, 2.45) is 5.73 Å². The highest BCUT2D eigenvalue weighted by atomic mass is 32.1. The number of hydrogen-bond donors (Lipinski definition) is 1. The number of nitrogens with zero attached hydrogens (tertiary/aromatic N) is 2. The molecule has 68 valence electrons. The molecule has 0 spiro atoms. The van der Waals surface area contributed by atoms with Crippen LogP contribution in [0.5, 0.6) is 0 Å². The number of nitrogens with two attached hydrogens (primary N) is 1. The van der Waals surface area contributed by atoms with Crippen LogP contribution in [0.15, 0.2) is 21.3 Å². The molecule has 5 heteroatoms. The fourth-order valence-electron chi connectivity index (χ4n) is 0.989. The van der Waals surface area contributed by atoms with Crippen molar-refractivity contribution in [2.75, 3.05) is 6.54 Å². The predicted molar refractivity (Wildman–Crippen MR) is 50.4 cm³/mol. The molecule has 0 bridgehead atoms. The summed E-state index contributed by atoms with van der Waals surface area (Å²) in [5.41, 5.74) is 6.36. The molecular formula is C8H9N3OS. The van der Waals surface area contributed by atoms with Crippen LogP contribution in [0.3, 0.4) is 0 Å². The van der Waals surface area contributed by atoms with E-state index in [1.165, 1.54) is 0 Å². The molecule has 4 nitrogen and oxygen atoms in total. The highest BCUT2D eigenvalue weighted by Crippen LogP contribution is 2.18. The zero-order chi connectivity index (χ0) is 9.10. The summed E-state index contributed by atoms with van der Waals surface area (Å²) in [7, 11) is 0. The van der Waals surface area contributed by atoms with E-state index in [9.17, 15) is 0 Å². The zero-order valence-electron chi connectivity index (χ0n) is 6.93. The second-order valence-corrected chi connectivity index (χ2v) is 3.34. The number of rotatable bonds is 3. The van der Waals surface area contributed by atoms with E-state index in [0.29, 0.717) is 24.7 Å². The van der Waals surface area contributed by atoms with Gasteiger partial charge >= 0.3 is 0 Å². The molecule has 0 aliphatic heterocycles. The van der Waals surface area contributed by atoms with Gasteiger partial charge in [0.2, 0.25) is 11.7 Å². The van der Waals surface area contributed by atoms with Gasteiger partial charge in [-0.1, -0.05) is 5.16 Å². The van der Waals surface area contributed by atoms with Crippen LogP contribution in [0.25, 0.3) is 11.4 Å². The van der Waals surface area contributed by atoms with Crippen LogP contribution in [0, 0.1) is 0 Å². The summed E-state index contributed by atoms with van der Waals surface area (Å²) in [6.07, 6.45) is 0.636. The second-order valence-electron chi connectivity index (χ2n) is 2.56. The summed E-state index contributed by atoms with van der Waals surface area (Å²) in [5, 5.41) is 7.81. The Labute approximate surface area is 79.4 Å². The van der Waals surface area contributed by atoms with Crippen molar-refractivity contribution in [2.45, 2.75) is 6.42 Å². The minimum absolute atomic E-state index is 0.533. The first-order chi connectivity index (χ1) is 6.40. The van der Waals surface area contributed by atoms with Gasteiger partial charge in [0, 0.05) is 23.9 Å². The third-order valence-electron chi connectivity index (χ3n) is 1.61. The minimum Gasteiger partial charge on any atom is -0.339 e. The molecule has 0 radical (unpaired) electrons. The normalized spacial score (nSPS) is 10.5. The first kappa shape index (κ1) is 8.40. The molecule has 0 aliphatic rings. The summed E-state index contributed by atoms with van der Waals surface area (Å²) < 4.78 is 4.99. The molecule has 0 saturated heterocycles. The maximum Gasteiger partial charge on any atom is 0.228 e. The van der Waals surface area contributed by atoms with Crippen molar-refractivity contribution in [3.05, 3.63) is 22.7 Å². The van der Waals surface area contributed by atoms with Crippen molar-refractivity contribution < 1.29 is 4.52 Å². The monoisotopic (exact) mass is 195 g/mol. The molecule has 0 atom stereocenters. The van der Waals surface area contributed by atoms with E-state index in [1.54, 1.807) is 11.3 Å². The van der Waals surface area contributed by atoms with E-state index in [2.05, 4.69) is 10.1 Å². The topological polar surface area (TPSA) is 64.9 Å². The van der Waals surface area contributed by atoms with E-state index in [-0.39, 0.29) is 0 Å². The number of thiophene rings is 1. The van der Waals surface area contributed by atoms with Crippen LogP contribution in [0.4, 0.5) is 0 Å². The average Bonchev–Trinajstić information content (AvgIpc) is 2.70. The SMILES string of the molecule is NCCc1nc(-c2ccsc2)no1. The molecule has 0 aromatic carbocycles. The molecule has 13 heavy (non-hydrogen) atoms. The Kier molecular flexibility index (Phi) is 2.37. The zero-order valence-corrected chi connectivity index (χ0v) is 7.75. The smallest absolute Gasteiger partial charge is 0.228 e. The van der Waals surface area contributed by atoms with Crippen LogP contribution < -0.4 is 5.73 Å². The first-order valence-corrected chi connectivity index (χ1v) is 4.89. The lowest BCUT2D eigenvalue weighted by molar-refractivity contribution is 0.380. The molecule has 0 amide bonds. The lowest BCUT2D eigenvalue weighted by atomic mass is 10.3. The molecule has 2 N–H and O–H groups in total. The van der Waals surface area contributed by atoms with Crippen LogP contribution in [0.2, 0.25) is 0 Å². The van der Waals surface area contributed by atoms with E-state index in [0.717, 1.165) is 5.56 Å². The molecule has 0 unspecified atom stereocenters. The standard InChI is InChI=1S/C8H9N3OS/c9-3-1-7-10-8(11-12-7)6-2-4-13-5-6/h2,4-5H,1,3,9H2. The number of aromatic nitrogens is 2. The van der Waals surface area contributed by atoms with Crippen molar-refractivity contribution in [3.63, 3.8) is 0 Å². The van der Waals surface area contributed by atoms with E-state index in [4.69, 9.17) is 10.3 Å². The van der Waals surface area contributed by atoms with Crippen molar-refractivity contribution in [3.8, 4) is 11.4 Å². The Morgan fingerprint density at radius 2 is 2.46 bits per heavy atom. The second kappa shape index (κ2) is 3.68. The summed E-state index contributed by atoms with van der Waals surface area (Å²) >= 11 is 1.61. The van der Waals surface area contributed by atoms with Crippen LogP contribution in [-0.4, -0.2) is 16.7 Å². The molecular weight excluding hydrogens is 186 g/mol. The van der Waals surface area contributed by atoms with Gasteiger partial charge in [0.25, 0.3) is 0 Å². The van der Waals surface area contributed by atoms with Gasteiger partial charge in [-0.25, -0.2) is 0 Å². The van der Waals surface area contributed by atoms with Gasteiger partial charge in [0.05, 0.1) is 0 Å². The van der Waals surface area contributed by atoms with Crippen molar-refractivity contribution >= 4 is 11.3 Å². The molecule has 2 rings (SSSR count). The Morgan fingerprint density at radius 1 is 1.54 bits per heavy atom. The highest BCUT2D eigenvalue weighted by Gasteiger charge is 2.07. The summed E-state index contributed by atoms with van der Waals surface area (Å²) in [6, 6.07) is 1.96. The van der Waals surface area contributed by atoms with Crippen molar-refractivity contribution in [1.29, 1.82) is 0 Å². The lowest BCUT2D eigenvalue weighted by Crippen LogP contribution is -2.02. The molecule has 0 aliphatic carbocycles. The van der Waals surface area contributed by atoms with Crippen LogP contribution in [0.1, 0.15) is 5.89 Å². The van der Waals surface area contributed by atoms with E-state index >= 15 is 0 Å². The third kappa shape index (κ3) is 1.76. The first-order valence-electron chi connectivity index (χ1n) is 3.95. The van der Waals surface area contributed by atoms with Gasteiger partial charge in [0.15, 0.2) is 0 Å². The van der Waals surface area contributed by atoms with Gasteiger partial charge in [0.1, 0.15) is 0 Å². The summed E-state index contributed by atoms with van der Waals surface area (Å²) in [6.45, 7) is 0.533. The Balaban J connectivity index is 2.23. The Hall–Kier alpha value is -1.20. The lowest BCUT2D eigenvalue weighted by Gasteiger charge is -1.84. The largest absolute Gasteiger partial charge is 0.339 e. The third-order valence-corrected chi connectivity index (χ3v) is 2.29.